The van der Waals surface area contributed by atoms with Crippen molar-refractivity contribution in [2.24, 2.45) is 5.41 Å². The van der Waals surface area contributed by atoms with Crippen molar-refractivity contribution in [3.63, 3.8) is 0 Å². The van der Waals surface area contributed by atoms with Gasteiger partial charge in [0.05, 0.1) is 33.6 Å². The largest absolute Gasteiger partial charge is 0.481 e. The van der Waals surface area contributed by atoms with Crippen LogP contribution in [0.25, 0.3) is 11.1 Å². The van der Waals surface area contributed by atoms with Gasteiger partial charge in [0.25, 0.3) is 0 Å². The van der Waals surface area contributed by atoms with Gasteiger partial charge in [-0.25, -0.2) is 27.8 Å². The second-order valence-electron chi connectivity index (χ2n) is 13.3. The monoisotopic (exact) mass is 729 g/mol. The zero-order chi connectivity index (χ0) is 37.2. The summed E-state index contributed by atoms with van der Waals surface area (Å²) < 4.78 is 45.7. The van der Waals surface area contributed by atoms with Crippen LogP contribution >= 0.6 is 0 Å². The van der Waals surface area contributed by atoms with Crippen LogP contribution in [0.4, 0.5) is 10.6 Å². The Hall–Kier alpha value is -6.21. The molecule has 0 saturated heterocycles. The van der Waals surface area contributed by atoms with Gasteiger partial charge < -0.3 is 14.2 Å². The number of anilines is 1. The molecule has 1 aliphatic rings. The van der Waals surface area contributed by atoms with Crippen molar-refractivity contribution in [3.8, 4) is 28.8 Å². The number of aromatic nitrogens is 4. The number of hydrogen-bond acceptors (Lipinski definition) is 9. The summed E-state index contributed by atoms with van der Waals surface area (Å²) in [6.07, 6.45) is 2.96. The van der Waals surface area contributed by atoms with E-state index >= 15 is 9.00 Å². The van der Waals surface area contributed by atoms with Crippen LogP contribution < -0.4 is 19.5 Å². The number of fused-ring (bicyclic) bond motifs is 1. The number of carbonyl (C=O) groups is 1. The maximum atomic E-state index is 15.9. The van der Waals surface area contributed by atoms with E-state index in [-0.39, 0.29) is 27.9 Å². The van der Waals surface area contributed by atoms with Crippen LogP contribution in [0, 0.1) is 10.2 Å². The maximum absolute atomic E-state index is 15.9. The molecule has 1 aliphatic heterocycles. The first-order valence-corrected chi connectivity index (χ1v) is 18.4. The first-order chi connectivity index (χ1) is 25.6. The van der Waals surface area contributed by atoms with Crippen LogP contribution in [-0.2, 0) is 22.0 Å². The minimum absolute atomic E-state index is 0.0342. The van der Waals surface area contributed by atoms with Gasteiger partial charge in [0.15, 0.2) is 9.92 Å². The minimum Gasteiger partial charge on any atom is -0.481 e. The second kappa shape index (κ2) is 14.1. The third-order valence-electron chi connectivity index (χ3n) is 9.12. The molecule has 7 rings (SSSR count). The van der Waals surface area contributed by atoms with Crippen molar-refractivity contribution >= 4 is 21.8 Å². The molecule has 13 heteroatoms. The zero-order valence-electron chi connectivity index (χ0n) is 29.7. The van der Waals surface area contributed by atoms with Crippen LogP contribution in [0.15, 0.2) is 133 Å². The number of benzene rings is 3. The Morgan fingerprint density at radius 1 is 0.887 bits per heavy atom. The number of pyridine rings is 2. The van der Waals surface area contributed by atoms with Crippen molar-refractivity contribution in [2.75, 3.05) is 26.1 Å². The summed E-state index contributed by atoms with van der Waals surface area (Å²) in [5.41, 5.74) is 1.02. The van der Waals surface area contributed by atoms with Gasteiger partial charge >= 0.3 is 6.03 Å². The molecule has 4 heterocycles. The molecular weight excluding hydrogens is 691 g/mol. The van der Waals surface area contributed by atoms with Gasteiger partial charge in [0.1, 0.15) is 16.3 Å². The van der Waals surface area contributed by atoms with Crippen LogP contribution in [-0.4, -0.2) is 55.1 Å². The molecule has 1 unspecified atom stereocenters. The van der Waals surface area contributed by atoms with Crippen LogP contribution in [0.3, 0.4) is 0 Å². The molecule has 1 atom stereocenters. The van der Waals surface area contributed by atoms with E-state index in [0.717, 1.165) is 4.31 Å². The molecule has 0 spiro atoms. The SMILES string of the molecule is COc1cc(-c2ccc(OC)nc2NC(=O)N(C(c2ccccc2)(c2ccccc2)c2ccccc2)S(=N)(=O)c2cnn3c2OCC(C)(C)C3)ccn1. The number of nitrogens with one attached hydrogen (secondary N) is 2. The molecule has 3 aromatic heterocycles. The Kier molecular flexibility index (Phi) is 9.35. The predicted octanol–water partition coefficient (Wildman–Crippen LogP) is 7.62. The fourth-order valence-electron chi connectivity index (χ4n) is 6.69. The van der Waals surface area contributed by atoms with Gasteiger partial charge in [-0.15, -0.1) is 0 Å². The van der Waals surface area contributed by atoms with E-state index in [1.807, 2.05) is 105 Å². The smallest absolute Gasteiger partial charge is 0.337 e. The van der Waals surface area contributed by atoms with Gasteiger partial charge in [-0.1, -0.05) is 105 Å². The average molecular weight is 730 g/mol. The van der Waals surface area contributed by atoms with Crippen molar-refractivity contribution in [3.05, 3.63) is 144 Å². The number of methoxy groups -OCH3 is 2. The second-order valence-corrected chi connectivity index (χ2v) is 15.2. The highest BCUT2D eigenvalue weighted by molar-refractivity contribution is 7.90. The van der Waals surface area contributed by atoms with Crippen LogP contribution in [0.2, 0.25) is 0 Å². The fraction of sp³-hybridized carbons (Fsp3) is 0.200. The lowest BCUT2D eigenvalue weighted by Gasteiger charge is -2.45. The highest BCUT2D eigenvalue weighted by Crippen LogP contribution is 2.47. The summed E-state index contributed by atoms with van der Waals surface area (Å²) in [5, 5.41) is 7.49. The molecule has 53 heavy (non-hydrogen) atoms. The third kappa shape index (κ3) is 6.44. The summed E-state index contributed by atoms with van der Waals surface area (Å²) >= 11 is 0. The summed E-state index contributed by atoms with van der Waals surface area (Å²) in [6, 6.07) is 33.9. The quantitative estimate of drug-likeness (QED) is 0.137. The fourth-order valence-corrected chi connectivity index (χ4v) is 8.46. The molecule has 0 aliphatic carbocycles. The lowest BCUT2D eigenvalue weighted by Crippen LogP contribution is -2.55. The molecule has 0 saturated carbocycles. The molecule has 0 bridgehead atoms. The number of urea groups is 1. The van der Waals surface area contributed by atoms with Gasteiger partial charge in [0.2, 0.25) is 17.6 Å². The Morgan fingerprint density at radius 3 is 2.04 bits per heavy atom. The number of hydrogen-bond donors (Lipinski definition) is 2. The van der Waals surface area contributed by atoms with E-state index in [1.165, 1.54) is 20.4 Å². The standard InChI is InChI=1S/C40H39N7O5S/c1-39(2)26-46-37(52-27-39)33(25-43-46)53(41,49)47(38(48)45-36-32(20-21-34(44-36)50-3)28-22-23-42-35(24-28)51-4)40(29-14-8-5-9-15-29,30-16-10-6-11-17-30)31-18-12-7-13-19-31/h5-25,41H,26-27H2,1-4H3,(H,44,45,48). The third-order valence-corrected chi connectivity index (χ3v) is 10.9. The summed E-state index contributed by atoms with van der Waals surface area (Å²) in [6.45, 7) is 4.85. The van der Waals surface area contributed by atoms with E-state index in [0.29, 0.717) is 46.8 Å². The van der Waals surface area contributed by atoms with E-state index in [2.05, 4.69) is 20.4 Å². The Balaban J connectivity index is 1.52. The molecular formula is C40H39N7O5S. The van der Waals surface area contributed by atoms with E-state index < -0.39 is 21.5 Å². The minimum atomic E-state index is -4.34. The van der Waals surface area contributed by atoms with Crippen molar-refractivity contribution in [1.29, 1.82) is 4.78 Å². The lowest BCUT2D eigenvalue weighted by molar-refractivity contribution is 0.0970. The maximum Gasteiger partial charge on any atom is 0.337 e. The highest BCUT2D eigenvalue weighted by Gasteiger charge is 2.51. The van der Waals surface area contributed by atoms with Crippen LogP contribution in [0.1, 0.15) is 30.5 Å². The molecule has 0 radical (unpaired) electrons. The molecule has 12 nitrogen and oxygen atoms in total. The summed E-state index contributed by atoms with van der Waals surface area (Å²) in [7, 11) is -1.35. The predicted molar refractivity (Wildman–Crippen MR) is 201 cm³/mol. The summed E-state index contributed by atoms with van der Waals surface area (Å²) in [5.74, 6) is 0.859. The number of nitrogens with zero attached hydrogens (tertiary/aromatic N) is 5. The van der Waals surface area contributed by atoms with E-state index in [9.17, 15) is 4.78 Å². The number of carbonyl (C=O) groups excluding carboxylic acids is 1. The lowest BCUT2D eigenvalue weighted by atomic mass is 9.77. The summed E-state index contributed by atoms with van der Waals surface area (Å²) in [4.78, 5) is 24.4. The zero-order valence-corrected chi connectivity index (χ0v) is 30.5. The molecule has 6 aromatic rings. The van der Waals surface area contributed by atoms with Crippen LogP contribution in [0.5, 0.6) is 17.6 Å². The topological polar surface area (TPSA) is 145 Å². The van der Waals surface area contributed by atoms with Gasteiger partial charge in [-0.3, -0.25) is 5.32 Å². The van der Waals surface area contributed by atoms with Gasteiger partial charge in [-0.05, 0) is 34.4 Å². The van der Waals surface area contributed by atoms with E-state index in [1.54, 1.807) is 35.1 Å². The molecule has 3 aromatic carbocycles. The van der Waals surface area contributed by atoms with E-state index in [4.69, 9.17) is 14.2 Å². The molecule has 2 N–H and O–H groups in total. The van der Waals surface area contributed by atoms with Crippen molar-refractivity contribution in [1.82, 2.24) is 24.1 Å². The van der Waals surface area contributed by atoms with Gasteiger partial charge in [0, 0.05) is 29.3 Å². The number of ether oxygens (including phenoxy) is 3. The number of rotatable bonds is 10. The first kappa shape index (κ1) is 35.2. The Bertz CT molecular complexity index is 2260. The first-order valence-electron chi connectivity index (χ1n) is 16.9. The molecule has 2 amide bonds. The average Bonchev–Trinajstić information content (AvgIpc) is 3.61. The van der Waals surface area contributed by atoms with Gasteiger partial charge in [-0.2, -0.15) is 10.1 Å². The normalized spacial score (nSPS) is 14.6. The molecule has 270 valence electrons. The highest BCUT2D eigenvalue weighted by atomic mass is 32.2. The van der Waals surface area contributed by atoms with Crippen molar-refractivity contribution < 1.29 is 23.2 Å². The Labute approximate surface area is 308 Å². The van der Waals surface area contributed by atoms with Crippen molar-refractivity contribution in [2.45, 2.75) is 30.8 Å². The number of amides is 2. The Morgan fingerprint density at radius 2 is 1.47 bits per heavy atom. The molecule has 0 fully saturated rings.